The summed E-state index contributed by atoms with van der Waals surface area (Å²) in [6.45, 7) is 0. The van der Waals surface area contributed by atoms with Crippen LogP contribution in [0.15, 0.2) is 168 Å². The second-order valence-electron chi connectivity index (χ2n) is 14.6. The minimum atomic E-state index is 0.604. The molecule has 0 unspecified atom stereocenters. The van der Waals surface area contributed by atoms with E-state index in [0.717, 1.165) is 62.6 Å². The number of hydrogen-bond donors (Lipinski definition) is 0. The maximum Gasteiger partial charge on any atom is 0.164 e. The molecule has 0 spiro atoms. The molecular formula is C51H32N4OS. The summed E-state index contributed by atoms with van der Waals surface area (Å²) in [5.74, 6) is 1.86. The molecule has 0 saturated heterocycles. The van der Waals surface area contributed by atoms with E-state index in [4.69, 9.17) is 19.4 Å². The van der Waals surface area contributed by atoms with Crippen LogP contribution in [0.3, 0.4) is 0 Å². The number of allylic oxidation sites excluding steroid dienone is 1. The van der Waals surface area contributed by atoms with Gasteiger partial charge in [-0.3, -0.25) is 0 Å². The Morgan fingerprint density at radius 2 is 1.14 bits per heavy atom. The van der Waals surface area contributed by atoms with Crippen molar-refractivity contribution in [1.82, 2.24) is 19.5 Å². The van der Waals surface area contributed by atoms with Gasteiger partial charge in [0.1, 0.15) is 11.2 Å². The quantitative estimate of drug-likeness (QED) is 0.176. The number of hydrogen-bond acceptors (Lipinski definition) is 5. The standard InChI is InChI=1S/C51H32N4OS/c1-3-13-31(14-4-1)49-52-50(32-15-5-2-6-16-32)54-51(53-49)38-20-12-24-44-48(38)47-35(19-11-23-43(47)56-44)33-25-27-45-39(29-33)40-30-34(26-28-46(40)57-45)55-41-21-9-7-17-36(41)37-18-8-10-22-42(37)55/h1-9,11-21,23-30H,10,22H2. The lowest BCUT2D eigenvalue weighted by molar-refractivity contribution is 0.669. The summed E-state index contributed by atoms with van der Waals surface area (Å²) in [7, 11) is 0. The van der Waals surface area contributed by atoms with Crippen molar-refractivity contribution in [3.63, 3.8) is 0 Å². The fourth-order valence-electron chi connectivity index (χ4n) is 8.76. The van der Waals surface area contributed by atoms with Gasteiger partial charge in [0.2, 0.25) is 0 Å². The Kier molecular flexibility index (Phi) is 7.16. The Balaban J connectivity index is 1.05. The molecule has 0 fully saturated rings. The second-order valence-corrected chi connectivity index (χ2v) is 15.7. The summed E-state index contributed by atoms with van der Waals surface area (Å²) in [5, 5.41) is 5.86. The first kappa shape index (κ1) is 32.1. The first-order chi connectivity index (χ1) is 28.2. The second kappa shape index (κ2) is 12.7. The molecule has 0 aliphatic heterocycles. The molecule has 268 valence electrons. The van der Waals surface area contributed by atoms with Crippen molar-refractivity contribution < 1.29 is 4.42 Å². The molecule has 5 nitrogen and oxygen atoms in total. The first-order valence-electron chi connectivity index (χ1n) is 19.3. The average molecular weight is 749 g/mol. The van der Waals surface area contributed by atoms with Crippen molar-refractivity contribution >= 4 is 70.4 Å². The molecule has 7 aromatic carbocycles. The number of nitrogens with zero attached hydrogens (tertiary/aromatic N) is 4. The highest BCUT2D eigenvalue weighted by Gasteiger charge is 2.22. The summed E-state index contributed by atoms with van der Waals surface area (Å²) < 4.78 is 11.6. The van der Waals surface area contributed by atoms with Crippen molar-refractivity contribution in [3.8, 4) is 51.0 Å². The number of para-hydroxylation sites is 1. The van der Waals surface area contributed by atoms with Crippen LogP contribution >= 0.6 is 11.3 Å². The molecule has 0 saturated carbocycles. The van der Waals surface area contributed by atoms with E-state index in [-0.39, 0.29) is 0 Å². The maximum absolute atomic E-state index is 6.61. The average Bonchev–Trinajstić information content (AvgIpc) is 3.96. The first-order valence-corrected chi connectivity index (χ1v) is 20.1. The molecule has 1 aliphatic carbocycles. The highest BCUT2D eigenvalue weighted by atomic mass is 32.1. The van der Waals surface area contributed by atoms with Gasteiger partial charge in [-0.25, -0.2) is 15.0 Å². The number of fused-ring (bicyclic) bond motifs is 9. The lowest BCUT2D eigenvalue weighted by atomic mass is 9.96. The van der Waals surface area contributed by atoms with E-state index in [9.17, 15) is 0 Å². The molecule has 4 heterocycles. The Bertz CT molecular complexity index is 3350. The molecule has 12 rings (SSSR count). The van der Waals surface area contributed by atoms with Gasteiger partial charge >= 0.3 is 0 Å². The van der Waals surface area contributed by atoms with E-state index in [1.165, 1.54) is 48.0 Å². The Hall–Kier alpha value is -7.15. The van der Waals surface area contributed by atoms with Gasteiger partial charge in [-0.1, -0.05) is 121 Å². The summed E-state index contributed by atoms with van der Waals surface area (Å²) in [5.41, 5.74) is 11.8. The monoisotopic (exact) mass is 748 g/mol. The molecule has 1 aliphatic rings. The van der Waals surface area contributed by atoms with Gasteiger partial charge in [-0.05, 0) is 72.5 Å². The summed E-state index contributed by atoms with van der Waals surface area (Å²) >= 11 is 1.85. The highest BCUT2D eigenvalue weighted by Crippen LogP contribution is 2.44. The van der Waals surface area contributed by atoms with E-state index >= 15 is 0 Å². The molecule has 0 atom stereocenters. The van der Waals surface area contributed by atoms with E-state index in [2.05, 4.69) is 102 Å². The van der Waals surface area contributed by atoms with Gasteiger partial charge in [0.15, 0.2) is 17.5 Å². The normalized spacial score (nSPS) is 12.7. The number of rotatable bonds is 5. The molecule has 57 heavy (non-hydrogen) atoms. The lowest BCUT2D eigenvalue weighted by Gasteiger charge is -2.13. The highest BCUT2D eigenvalue weighted by molar-refractivity contribution is 7.25. The molecule has 0 amide bonds. The predicted octanol–water partition coefficient (Wildman–Crippen LogP) is 13.7. The zero-order valence-electron chi connectivity index (χ0n) is 30.7. The molecule has 0 radical (unpaired) electrons. The van der Waals surface area contributed by atoms with Gasteiger partial charge in [-0.15, -0.1) is 11.3 Å². The summed E-state index contributed by atoms with van der Waals surface area (Å²) in [4.78, 5) is 15.2. The zero-order chi connectivity index (χ0) is 37.5. The molecule has 6 heteroatoms. The number of furan rings is 1. The van der Waals surface area contributed by atoms with Crippen LogP contribution in [-0.4, -0.2) is 19.5 Å². The van der Waals surface area contributed by atoms with Gasteiger partial charge in [-0.2, -0.15) is 0 Å². The molecule has 11 aromatic rings. The van der Waals surface area contributed by atoms with Crippen LogP contribution in [0.2, 0.25) is 0 Å². The van der Waals surface area contributed by atoms with Crippen LogP contribution in [0.1, 0.15) is 17.7 Å². The van der Waals surface area contributed by atoms with Gasteiger partial charge < -0.3 is 8.98 Å². The largest absolute Gasteiger partial charge is 0.456 e. The minimum Gasteiger partial charge on any atom is -0.456 e. The third kappa shape index (κ3) is 5.11. The van der Waals surface area contributed by atoms with Crippen molar-refractivity contribution in [2.45, 2.75) is 12.8 Å². The predicted molar refractivity (Wildman–Crippen MR) is 236 cm³/mol. The third-order valence-corrected chi connectivity index (χ3v) is 12.5. The van der Waals surface area contributed by atoms with E-state index < -0.39 is 0 Å². The van der Waals surface area contributed by atoms with Crippen molar-refractivity contribution in [1.29, 1.82) is 0 Å². The van der Waals surface area contributed by atoms with Crippen LogP contribution in [0, 0.1) is 0 Å². The summed E-state index contributed by atoms with van der Waals surface area (Å²) in [6, 6.07) is 55.4. The maximum atomic E-state index is 6.61. The van der Waals surface area contributed by atoms with Crippen LogP contribution in [0.4, 0.5) is 0 Å². The number of benzene rings is 7. The Morgan fingerprint density at radius 3 is 1.89 bits per heavy atom. The van der Waals surface area contributed by atoms with E-state index in [1.807, 2.05) is 84.1 Å². The molecular weight excluding hydrogens is 717 g/mol. The van der Waals surface area contributed by atoms with Gasteiger partial charge in [0.25, 0.3) is 0 Å². The Morgan fingerprint density at radius 1 is 0.509 bits per heavy atom. The van der Waals surface area contributed by atoms with E-state index in [0.29, 0.717) is 17.5 Å². The fraction of sp³-hybridized carbons (Fsp3) is 0.0392. The van der Waals surface area contributed by atoms with E-state index in [1.54, 1.807) is 0 Å². The molecule has 4 aromatic heterocycles. The fourth-order valence-corrected chi connectivity index (χ4v) is 9.83. The van der Waals surface area contributed by atoms with Crippen molar-refractivity contribution in [2.75, 3.05) is 0 Å². The SMILES string of the molecule is C1=Cc2c(n(-c3ccc4sc5ccc(-c6cccc7oc8cccc(-c9nc(-c%10ccccc%10)nc(-c%10ccccc%10)n9)c8c67)cc5c4c3)c3ccccc23)CC1. The van der Waals surface area contributed by atoms with Gasteiger partial charge in [0.05, 0.1) is 5.52 Å². The lowest BCUT2D eigenvalue weighted by Crippen LogP contribution is -2.02. The van der Waals surface area contributed by atoms with Crippen LogP contribution in [0.25, 0.3) is 110 Å². The topological polar surface area (TPSA) is 56.7 Å². The number of thiophene rings is 1. The van der Waals surface area contributed by atoms with Crippen molar-refractivity contribution in [2.24, 2.45) is 0 Å². The van der Waals surface area contributed by atoms with Crippen LogP contribution in [-0.2, 0) is 6.42 Å². The smallest absolute Gasteiger partial charge is 0.164 e. The Labute approximate surface area is 331 Å². The van der Waals surface area contributed by atoms with Crippen LogP contribution in [0.5, 0.6) is 0 Å². The van der Waals surface area contributed by atoms with Crippen LogP contribution < -0.4 is 0 Å². The summed E-state index contributed by atoms with van der Waals surface area (Å²) in [6.07, 6.45) is 6.70. The molecule has 0 N–H and O–H groups in total. The minimum absolute atomic E-state index is 0.604. The third-order valence-electron chi connectivity index (χ3n) is 11.3. The number of aromatic nitrogens is 4. The van der Waals surface area contributed by atoms with Gasteiger partial charge in [0, 0.05) is 70.0 Å². The zero-order valence-corrected chi connectivity index (χ0v) is 31.5. The van der Waals surface area contributed by atoms with Crippen molar-refractivity contribution in [3.05, 3.63) is 175 Å². The molecule has 0 bridgehead atoms.